The Morgan fingerprint density at radius 1 is 1.05 bits per heavy atom. The first-order valence-corrected chi connectivity index (χ1v) is 9.71. The Kier molecular flexibility index (Phi) is 5.84. The van der Waals surface area contributed by atoms with E-state index in [4.69, 9.17) is 16.0 Å². The summed E-state index contributed by atoms with van der Waals surface area (Å²) in [7, 11) is -2.04. The van der Waals surface area contributed by atoms with Crippen LogP contribution < -0.4 is 4.43 Å². The van der Waals surface area contributed by atoms with Crippen LogP contribution in [-0.4, -0.2) is 14.6 Å². The normalized spacial score (nSPS) is 12.3. The van der Waals surface area contributed by atoms with Crippen molar-refractivity contribution in [1.29, 1.82) is 0 Å². The van der Waals surface area contributed by atoms with E-state index < -0.39 is 8.32 Å². The summed E-state index contributed by atoms with van der Waals surface area (Å²) >= 11 is 5.95. The SMILES string of the molecule is CC(C)[Si](Oc1ccc(Cl)cc1C=O)(C(C)C)C(C)C. The van der Waals surface area contributed by atoms with Crippen molar-refractivity contribution in [3.05, 3.63) is 28.8 Å². The van der Waals surface area contributed by atoms with Gasteiger partial charge in [-0.2, -0.15) is 0 Å². The molecule has 1 aromatic carbocycles. The van der Waals surface area contributed by atoms with Crippen molar-refractivity contribution in [2.75, 3.05) is 0 Å². The van der Waals surface area contributed by atoms with E-state index >= 15 is 0 Å². The van der Waals surface area contributed by atoms with Gasteiger partial charge in [0.2, 0.25) is 0 Å². The lowest BCUT2D eigenvalue weighted by Crippen LogP contribution is -2.50. The standard InChI is InChI=1S/C16H25ClO2Si/c1-11(2)20(12(3)4,13(5)6)19-16-8-7-15(17)9-14(16)10-18/h7-13H,1-6H3. The summed E-state index contributed by atoms with van der Waals surface area (Å²) in [4.78, 5) is 11.3. The van der Waals surface area contributed by atoms with E-state index in [0.717, 1.165) is 6.29 Å². The minimum Gasteiger partial charge on any atom is -0.542 e. The molecule has 0 aliphatic heterocycles. The van der Waals surface area contributed by atoms with Crippen molar-refractivity contribution in [2.45, 2.75) is 58.2 Å². The number of hydrogen-bond acceptors (Lipinski definition) is 2. The summed E-state index contributed by atoms with van der Waals surface area (Å²) in [5.74, 6) is 0.673. The molecule has 0 spiro atoms. The second-order valence-electron chi connectivity index (χ2n) is 6.22. The van der Waals surface area contributed by atoms with Crippen LogP contribution in [0.25, 0.3) is 0 Å². The zero-order valence-electron chi connectivity index (χ0n) is 13.2. The molecule has 0 radical (unpaired) electrons. The molecule has 0 amide bonds. The maximum atomic E-state index is 11.3. The molecule has 4 heteroatoms. The maximum Gasteiger partial charge on any atom is 0.258 e. The monoisotopic (exact) mass is 312 g/mol. The number of halogens is 1. The lowest BCUT2D eigenvalue weighted by atomic mass is 10.2. The summed E-state index contributed by atoms with van der Waals surface area (Å²) in [6.07, 6.45) is 0.821. The highest BCUT2D eigenvalue weighted by Gasteiger charge is 2.47. The quantitative estimate of drug-likeness (QED) is 0.497. The molecule has 0 heterocycles. The highest BCUT2D eigenvalue weighted by Crippen LogP contribution is 2.43. The topological polar surface area (TPSA) is 26.3 Å². The molecule has 0 aliphatic carbocycles. The van der Waals surface area contributed by atoms with Crippen LogP contribution in [0.2, 0.25) is 21.6 Å². The third-order valence-corrected chi connectivity index (χ3v) is 10.3. The van der Waals surface area contributed by atoms with Gasteiger partial charge >= 0.3 is 0 Å². The summed E-state index contributed by atoms with van der Waals surface area (Å²) < 4.78 is 6.51. The zero-order valence-corrected chi connectivity index (χ0v) is 15.0. The first-order valence-electron chi connectivity index (χ1n) is 7.19. The number of hydrogen-bond donors (Lipinski definition) is 0. The average molecular weight is 313 g/mol. The van der Waals surface area contributed by atoms with E-state index in [1.54, 1.807) is 12.1 Å². The summed E-state index contributed by atoms with van der Waals surface area (Å²) in [6, 6.07) is 5.27. The number of aldehydes is 1. The molecule has 112 valence electrons. The Labute approximate surface area is 128 Å². The summed E-state index contributed by atoms with van der Waals surface area (Å²) in [5, 5.41) is 0.561. The fourth-order valence-electron chi connectivity index (χ4n) is 3.25. The lowest BCUT2D eigenvalue weighted by molar-refractivity contribution is 0.112. The molecule has 1 aromatic rings. The van der Waals surface area contributed by atoms with Crippen LogP contribution in [-0.2, 0) is 0 Å². The van der Waals surface area contributed by atoms with Gasteiger partial charge in [0.15, 0.2) is 6.29 Å². The minimum absolute atomic E-state index is 0.470. The van der Waals surface area contributed by atoms with Crippen molar-refractivity contribution in [2.24, 2.45) is 0 Å². The molecule has 1 rings (SSSR count). The largest absolute Gasteiger partial charge is 0.542 e. The minimum atomic E-state index is -2.04. The molecule has 2 nitrogen and oxygen atoms in total. The van der Waals surface area contributed by atoms with Crippen LogP contribution in [0.5, 0.6) is 5.75 Å². The van der Waals surface area contributed by atoms with Crippen molar-refractivity contribution < 1.29 is 9.22 Å². The molecule has 0 aliphatic rings. The predicted octanol–water partition coefficient (Wildman–Crippen LogP) is 5.71. The van der Waals surface area contributed by atoms with E-state index in [1.165, 1.54) is 0 Å². The van der Waals surface area contributed by atoms with Crippen LogP contribution in [0.1, 0.15) is 51.9 Å². The summed E-state index contributed by atoms with van der Waals surface area (Å²) in [6.45, 7) is 13.3. The van der Waals surface area contributed by atoms with Crippen LogP contribution in [0, 0.1) is 0 Å². The Bertz CT molecular complexity index is 448. The van der Waals surface area contributed by atoms with Gasteiger partial charge in [0, 0.05) is 5.02 Å². The lowest BCUT2D eigenvalue weighted by Gasteiger charge is -2.42. The molecule has 0 atom stereocenters. The van der Waals surface area contributed by atoms with Crippen molar-refractivity contribution in [1.82, 2.24) is 0 Å². The van der Waals surface area contributed by atoms with Gasteiger partial charge in [0.05, 0.1) is 5.56 Å². The Morgan fingerprint density at radius 3 is 1.95 bits per heavy atom. The number of benzene rings is 1. The smallest absolute Gasteiger partial charge is 0.258 e. The zero-order chi connectivity index (χ0) is 15.5. The van der Waals surface area contributed by atoms with Gasteiger partial charge in [-0.25, -0.2) is 0 Å². The molecular formula is C16H25ClO2Si. The van der Waals surface area contributed by atoms with E-state index in [2.05, 4.69) is 41.5 Å². The Balaban J connectivity index is 3.30. The molecule has 0 saturated heterocycles. The second-order valence-corrected chi connectivity index (χ2v) is 12.0. The third kappa shape index (κ3) is 3.26. The summed E-state index contributed by atoms with van der Waals surface area (Å²) in [5.41, 5.74) is 1.95. The molecule has 20 heavy (non-hydrogen) atoms. The molecule has 0 N–H and O–H groups in total. The van der Waals surface area contributed by atoms with Crippen LogP contribution in [0.15, 0.2) is 18.2 Å². The van der Waals surface area contributed by atoms with Gasteiger partial charge in [-0.3, -0.25) is 4.79 Å². The van der Waals surface area contributed by atoms with Gasteiger partial charge < -0.3 is 4.43 Å². The van der Waals surface area contributed by atoms with E-state index in [9.17, 15) is 4.79 Å². The molecule has 0 aromatic heterocycles. The third-order valence-electron chi connectivity index (χ3n) is 4.09. The van der Waals surface area contributed by atoms with Gasteiger partial charge in [-0.15, -0.1) is 0 Å². The maximum absolute atomic E-state index is 11.3. The fourth-order valence-corrected chi connectivity index (χ4v) is 8.70. The Morgan fingerprint density at radius 2 is 1.55 bits per heavy atom. The van der Waals surface area contributed by atoms with Gasteiger partial charge in [0.25, 0.3) is 8.32 Å². The first-order chi connectivity index (χ1) is 9.25. The van der Waals surface area contributed by atoms with Crippen LogP contribution in [0.4, 0.5) is 0 Å². The van der Waals surface area contributed by atoms with Crippen molar-refractivity contribution in [3.63, 3.8) is 0 Å². The average Bonchev–Trinajstić information content (AvgIpc) is 2.35. The van der Waals surface area contributed by atoms with E-state index in [-0.39, 0.29) is 0 Å². The molecule has 0 unspecified atom stereocenters. The van der Waals surface area contributed by atoms with Crippen LogP contribution in [0.3, 0.4) is 0 Å². The van der Waals surface area contributed by atoms with Crippen molar-refractivity contribution in [3.8, 4) is 5.75 Å². The van der Waals surface area contributed by atoms with E-state index in [1.807, 2.05) is 6.07 Å². The Hall–Kier alpha value is -0.803. The second kappa shape index (κ2) is 6.77. The molecular weight excluding hydrogens is 288 g/mol. The van der Waals surface area contributed by atoms with Crippen molar-refractivity contribution >= 4 is 26.2 Å². The van der Waals surface area contributed by atoms with Gasteiger partial charge in [0.1, 0.15) is 5.75 Å². The highest BCUT2D eigenvalue weighted by atomic mass is 35.5. The highest BCUT2D eigenvalue weighted by molar-refractivity contribution is 6.78. The number of rotatable bonds is 6. The van der Waals surface area contributed by atoms with Crippen LogP contribution >= 0.6 is 11.6 Å². The van der Waals surface area contributed by atoms with Gasteiger partial charge in [-0.1, -0.05) is 53.1 Å². The van der Waals surface area contributed by atoms with E-state index in [0.29, 0.717) is 33.0 Å². The fraction of sp³-hybridized carbons (Fsp3) is 0.562. The number of carbonyl (C=O) groups excluding carboxylic acids is 1. The number of carbonyl (C=O) groups is 1. The predicted molar refractivity (Wildman–Crippen MR) is 88.5 cm³/mol. The molecule has 0 saturated carbocycles. The molecule has 0 bridgehead atoms. The molecule has 0 fully saturated rings. The van der Waals surface area contributed by atoms with Gasteiger partial charge in [-0.05, 0) is 34.8 Å². The first kappa shape index (κ1) is 17.2.